The van der Waals surface area contributed by atoms with Gasteiger partial charge >= 0.3 is 6.09 Å². The first-order chi connectivity index (χ1) is 10.9. The van der Waals surface area contributed by atoms with Crippen molar-refractivity contribution in [2.24, 2.45) is 5.92 Å². The highest BCUT2D eigenvalue weighted by atomic mass is 79.9. The minimum Gasteiger partial charge on any atom is -0.445 e. The van der Waals surface area contributed by atoms with E-state index < -0.39 is 11.6 Å². The van der Waals surface area contributed by atoms with E-state index in [2.05, 4.69) is 26.1 Å². The predicted molar refractivity (Wildman–Crippen MR) is 89.7 cm³/mol. The molecule has 1 unspecified atom stereocenters. The minimum atomic E-state index is -0.848. The molecular weight excluding hydrogens is 363 g/mol. The van der Waals surface area contributed by atoms with Gasteiger partial charge in [0.25, 0.3) is 0 Å². The van der Waals surface area contributed by atoms with Crippen molar-refractivity contribution in [3.63, 3.8) is 0 Å². The summed E-state index contributed by atoms with van der Waals surface area (Å²) in [7, 11) is 0. The second-order valence-electron chi connectivity index (χ2n) is 6.93. The van der Waals surface area contributed by atoms with Gasteiger partial charge in [-0.3, -0.25) is 4.90 Å². The fraction of sp³-hybridized carbons (Fsp3) is 0.588. The molecule has 0 radical (unpaired) electrons. The normalized spacial score (nSPS) is 26.9. The van der Waals surface area contributed by atoms with E-state index in [1.807, 2.05) is 0 Å². The first-order valence-corrected chi connectivity index (χ1v) is 8.82. The van der Waals surface area contributed by atoms with Crippen LogP contribution in [-0.4, -0.2) is 36.7 Å². The Morgan fingerprint density at radius 2 is 2.09 bits per heavy atom. The summed E-state index contributed by atoms with van der Waals surface area (Å²) >= 11 is 3.18. The molecule has 3 aliphatic heterocycles. The summed E-state index contributed by atoms with van der Waals surface area (Å²) in [5.41, 5.74) is -0.420. The van der Waals surface area contributed by atoms with Crippen molar-refractivity contribution >= 4 is 22.0 Å². The molecule has 1 atom stereocenters. The van der Waals surface area contributed by atoms with E-state index in [1.165, 1.54) is 0 Å². The van der Waals surface area contributed by atoms with E-state index in [-0.39, 0.29) is 11.9 Å². The van der Waals surface area contributed by atoms with Crippen molar-refractivity contribution in [3.05, 3.63) is 34.1 Å². The predicted octanol–water partition coefficient (Wildman–Crippen LogP) is 3.64. The standard InChI is InChI=1S/C17H22BrFN2O2/c1-17(2,12-4-3-5-13(18)15(12)19)20-16(22)23-14-10-21-8-6-11(14)7-9-21/h3-5,11,14H,6-10H2,1-2H3,(H,20,22). The fourth-order valence-corrected chi connectivity index (χ4v) is 3.89. The zero-order valence-electron chi connectivity index (χ0n) is 13.4. The Morgan fingerprint density at radius 1 is 1.39 bits per heavy atom. The second kappa shape index (κ2) is 6.40. The topological polar surface area (TPSA) is 41.6 Å². The molecule has 3 heterocycles. The third-order valence-corrected chi connectivity index (χ3v) is 5.51. The molecule has 4 nitrogen and oxygen atoms in total. The summed E-state index contributed by atoms with van der Waals surface area (Å²) in [6.45, 7) is 6.55. The number of carbonyl (C=O) groups excluding carboxylic acids is 1. The lowest BCUT2D eigenvalue weighted by Gasteiger charge is -2.44. The number of ether oxygens (including phenoxy) is 1. The highest BCUT2D eigenvalue weighted by Crippen LogP contribution is 2.31. The number of alkyl carbamates (subject to hydrolysis) is 1. The summed E-state index contributed by atoms with van der Waals surface area (Å²) in [5.74, 6) is 0.0945. The molecule has 0 aliphatic carbocycles. The molecule has 1 aromatic carbocycles. The second-order valence-corrected chi connectivity index (χ2v) is 7.79. The molecule has 23 heavy (non-hydrogen) atoms. The minimum absolute atomic E-state index is 0.0549. The van der Waals surface area contributed by atoms with Crippen LogP contribution in [0.15, 0.2) is 22.7 Å². The highest BCUT2D eigenvalue weighted by Gasteiger charge is 2.37. The van der Waals surface area contributed by atoms with Gasteiger partial charge in [0.05, 0.1) is 10.0 Å². The molecule has 4 rings (SSSR count). The van der Waals surface area contributed by atoms with Gasteiger partial charge in [-0.25, -0.2) is 9.18 Å². The average molecular weight is 385 g/mol. The summed E-state index contributed by atoms with van der Waals surface area (Å²) in [6.07, 6.45) is 1.64. The monoisotopic (exact) mass is 384 g/mol. The summed E-state index contributed by atoms with van der Waals surface area (Å²) < 4.78 is 20.3. The van der Waals surface area contributed by atoms with E-state index in [1.54, 1.807) is 32.0 Å². The number of piperidine rings is 3. The smallest absolute Gasteiger partial charge is 0.408 e. The molecule has 0 spiro atoms. The highest BCUT2D eigenvalue weighted by molar-refractivity contribution is 9.10. The van der Waals surface area contributed by atoms with Gasteiger partial charge in [-0.15, -0.1) is 0 Å². The molecule has 0 saturated carbocycles. The maximum absolute atomic E-state index is 14.3. The molecular formula is C17H22BrFN2O2. The number of hydrogen-bond acceptors (Lipinski definition) is 3. The van der Waals surface area contributed by atoms with Crippen LogP contribution >= 0.6 is 15.9 Å². The van der Waals surface area contributed by atoms with Gasteiger partial charge < -0.3 is 10.1 Å². The van der Waals surface area contributed by atoms with Crippen LogP contribution < -0.4 is 5.32 Å². The Kier molecular flexibility index (Phi) is 4.65. The lowest BCUT2D eigenvalue weighted by atomic mass is 9.86. The molecule has 2 bridgehead atoms. The Bertz CT molecular complexity index is 600. The van der Waals surface area contributed by atoms with Gasteiger partial charge in [-0.05, 0) is 67.7 Å². The summed E-state index contributed by atoms with van der Waals surface area (Å²) in [4.78, 5) is 14.6. The Morgan fingerprint density at radius 3 is 2.70 bits per heavy atom. The van der Waals surface area contributed by atoms with Crippen molar-refractivity contribution in [2.75, 3.05) is 19.6 Å². The molecule has 126 valence electrons. The van der Waals surface area contributed by atoms with Gasteiger partial charge in [0, 0.05) is 12.1 Å². The number of nitrogens with zero attached hydrogens (tertiary/aromatic N) is 1. The number of benzene rings is 1. The molecule has 3 aliphatic rings. The van der Waals surface area contributed by atoms with Crippen LogP contribution in [0.5, 0.6) is 0 Å². The van der Waals surface area contributed by atoms with Crippen LogP contribution in [0.25, 0.3) is 0 Å². The maximum atomic E-state index is 14.3. The van der Waals surface area contributed by atoms with E-state index in [0.717, 1.165) is 32.5 Å². The molecule has 3 saturated heterocycles. The molecule has 1 aromatic rings. The zero-order chi connectivity index (χ0) is 16.6. The SMILES string of the molecule is CC(C)(NC(=O)OC1CN2CCC1CC2)c1cccc(Br)c1F. The van der Waals surface area contributed by atoms with Crippen LogP contribution in [-0.2, 0) is 10.3 Å². The number of halogens is 2. The lowest BCUT2D eigenvalue weighted by molar-refractivity contribution is -0.0350. The molecule has 1 N–H and O–H groups in total. The number of hydrogen-bond donors (Lipinski definition) is 1. The van der Waals surface area contributed by atoms with Gasteiger partial charge in [0.15, 0.2) is 0 Å². The zero-order valence-corrected chi connectivity index (χ0v) is 15.0. The first-order valence-electron chi connectivity index (χ1n) is 8.02. The van der Waals surface area contributed by atoms with Gasteiger partial charge in [-0.2, -0.15) is 0 Å². The van der Waals surface area contributed by atoms with Crippen LogP contribution in [0.1, 0.15) is 32.3 Å². The third-order valence-electron chi connectivity index (χ3n) is 4.89. The third kappa shape index (κ3) is 3.53. The number of nitrogens with one attached hydrogen (secondary N) is 1. The lowest BCUT2D eigenvalue weighted by Crippen LogP contribution is -2.53. The van der Waals surface area contributed by atoms with Crippen molar-refractivity contribution in [3.8, 4) is 0 Å². The van der Waals surface area contributed by atoms with Crippen molar-refractivity contribution in [1.29, 1.82) is 0 Å². The van der Waals surface area contributed by atoms with E-state index in [9.17, 15) is 9.18 Å². The molecule has 1 amide bonds. The molecule has 6 heteroatoms. The maximum Gasteiger partial charge on any atom is 0.408 e. The molecule has 3 fully saturated rings. The number of rotatable bonds is 3. The Labute approximate surface area is 144 Å². The number of fused-ring (bicyclic) bond motifs is 3. The van der Waals surface area contributed by atoms with E-state index >= 15 is 0 Å². The Balaban J connectivity index is 1.65. The van der Waals surface area contributed by atoms with Gasteiger partial charge in [0.2, 0.25) is 0 Å². The van der Waals surface area contributed by atoms with Crippen LogP contribution in [0.2, 0.25) is 0 Å². The first kappa shape index (κ1) is 16.7. The van der Waals surface area contributed by atoms with Crippen LogP contribution in [0, 0.1) is 11.7 Å². The quantitative estimate of drug-likeness (QED) is 0.864. The van der Waals surface area contributed by atoms with Crippen LogP contribution in [0.4, 0.5) is 9.18 Å². The van der Waals surface area contributed by atoms with E-state index in [4.69, 9.17) is 4.74 Å². The fourth-order valence-electron chi connectivity index (χ4n) is 3.52. The number of amides is 1. The summed E-state index contributed by atoms with van der Waals surface area (Å²) in [6, 6.07) is 5.07. The van der Waals surface area contributed by atoms with Crippen molar-refractivity contribution in [1.82, 2.24) is 10.2 Å². The largest absolute Gasteiger partial charge is 0.445 e. The summed E-state index contributed by atoms with van der Waals surface area (Å²) in [5, 5.41) is 2.81. The Hall–Kier alpha value is -1.14. The molecule has 0 aromatic heterocycles. The van der Waals surface area contributed by atoms with Gasteiger partial charge in [-0.1, -0.05) is 12.1 Å². The van der Waals surface area contributed by atoms with Crippen molar-refractivity contribution in [2.45, 2.75) is 38.3 Å². The average Bonchev–Trinajstić information content (AvgIpc) is 2.50. The number of carbonyl (C=O) groups is 1. The van der Waals surface area contributed by atoms with Crippen LogP contribution in [0.3, 0.4) is 0 Å². The van der Waals surface area contributed by atoms with Gasteiger partial charge in [0.1, 0.15) is 11.9 Å². The van der Waals surface area contributed by atoms with E-state index in [0.29, 0.717) is 16.0 Å². The van der Waals surface area contributed by atoms with Crippen molar-refractivity contribution < 1.29 is 13.9 Å².